The van der Waals surface area contributed by atoms with Crippen molar-refractivity contribution in [2.45, 2.75) is 44.7 Å². The van der Waals surface area contributed by atoms with Gasteiger partial charge in [0.15, 0.2) is 0 Å². The highest BCUT2D eigenvalue weighted by atomic mass is 32.1. The second kappa shape index (κ2) is 10.7. The van der Waals surface area contributed by atoms with Crippen LogP contribution in [0.15, 0.2) is 58.3 Å². The van der Waals surface area contributed by atoms with E-state index in [9.17, 15) is 9.59 Å². The molecule has 0 radical (unpaired) electrons. The Morgan fingerprint density at radius 1 is 1.15 bits per heavy atom. The highest BCUT2D eigenvalue weighted by Gasteiger charge is 2.34. The Bertz CT molecular complexity index is 1490. The molecule has 0 saturated carbocycles. The van der Waals surface area contributed by atoms with Crippen molar-refractivity contribution < 1.29 is 14.0 Å². The number of nitrogens with zero attached hydrogens (tertiary/aromatic N) is 5. The van der Waals surface area contributed by atoms with E-state index in [1.165, 1.54) is 4.90 Å². The molecule has 0 spiro atoms. The van der Waals surface area contributed by atoms with E-state index in [1.54, 1.807) is 43.6 Å². The molecule has 2 N–H and O–H groups in total. The summed E-state index contributed by atoms with van der Waals surface area (Å²) in [4.78, 5) is 34.8. The van der Waals surface area contributed by atoms with Crippen LogP contribution < -0.4 is 5.73 Å². The number of carbonyl (C=O) groups is 2. The predicted molar refractivity (Wildman–Crippen MR) is 149 cm³/mol. The summed E-state index contributed by atoms with van der Waals surface area (Å²) in [6.07, 6.45) is 2.25. The van der Waals surface area contributed by atoms with Crippen LogP contribution in [-0.4, -0.2) is 57.4 Å². The molecular weight excluding hydrogens is 512 g/mol. The Kier molecular flexibility index (Phi) is 7.33. The van der Waals surface area contributed by atoms with Crippen LogP contribution in [0.4, 0.5) is 0 Å². The second-order valence-corrected chi connectivity index (χ2v) is 11.4. The lowest BCUT2D eigenvalue weighted by Gasteiger charge is -2.24. The van der Waals surface area contributed by atoms with Gasteiger partial charge in [0.25, 0.3) is 11.8 Å². The molecule has 202 valence electrons. The zero-order valence-electron chi connectivity index (χ0n) is 22.5. The van der Waals surface area contributed by atoms with Crippen LogP contribution in [0.3, 0.4) is 0 Å². The van der Waals surface area contributed by atoms with Gasteiger partial charge in [-0.05, 0) is 56.9 Å². The molecule has 1 saturated heterocycles. The normalized spacial score (nSPS) is 16.7. The highest BCUT2D eigenvalue weighted by Crippen LogP contribution is 2.35. The molecule has 4 aromatic rings. The molecule has 1 aliphatic rings. The maximum Gasteiger partial charge on any atom is 0.254 e. The van der Waals surface area contributed by atoms with Crippen LogP contribution in [0.2, 0.25) is 0 Å². The van der Waals surface area contributed by atoms with E-state index in [2.05, 4.69) is 15.2 Å². The van der Waals surface area contributed by atoms with Gasteiger partial charge in [0.2, 0.25) is 11.8 Å². The smallest absolute Gasteiger partial charge is 0.254 e. The number of rotatable bonds is 7. The minimum atomic E-state index is -0.906. The van der Waals surface area contributed by atoms with Crippen molar-refractivity contribution in [2.75, 3.05) is 20.6 Å². The number of benzene rings is 2. The fourth-order valence-corrected chi connectivity index (χ4v) is 5.82. The van der Waals surface area contributed by atoms with Crippen LogP contribution in [0.1, 0.15) is 68.7 Å². The summed E-state index contributed by atoms with van der Waals surface area (Å²) in [5.74, 6) is 0.0856. The van der Waals surface area contributed by atoms with E-state index in [4.69, 9.17) is 10.2 Å². The monoisotopic (exact) mass is 544 g/mol. The lowest BCUT2D eigenvalue weighted by atomic mass is 9.94. The Labute approximate surface area is 231 Å². The van der Waals surface area contributed by atoms with Gasteiger partial charge in [0.1, 0.15) is 5.01 Å². The van der Waals surface area contributed by atoms with E-state index >= 15 is 0 Å². The third-order valence-corrected chi connectivity index (χ3v) is 7.91. The number of aromatic nitrogens is 3. The van der Waals surface area contributed by atoms with Gasteiger partial charge in [-0.15, -0.1) is 21.5 Å². The van der Waals surface area contributed by atoms with Crippen LogP contribution >= 0.6 is 11.3 Å². The molecule has 9 nitrogen and oxygen atoms in total. The van der Waals surface area contributed by atoms with Gasteiger partial charge >= 0.3 is 0 Å². The van der Waals surface area contributed by atoms with Gasteiger partial charge in [-0.25, -0.2) is 4.98 Å². The largest absolute Gasteiger partial charge is 0.419 e. The van der Waals surface area contributed by atoms with E-state index in [0.717, 1.165) is 29.1 Å². The van der Waals surface area contributed by atoms with Crippen molar-refractivity contribution >= 4 is 23.2 Å². The topological polar surface area (TPSA) is 118 Å². The number of hydrogen-bond donors (Lipinski definition) is 1. The average molecular weight is 545 g/mol. The van der Waals surface area contributed by atoms with Crippen molar-refractivity contribution in [2.24, 2.45) is 5.73 Å². The van der Waals surface area contributed by atoms with Crippen LogP contribution in [0.25, 0.3) is 11.5 Å². The number of nitrogens with two attached hydrogens (primary N) is 1. The summed E-state index contributed by atoms with van der Waals surface area (Å²) in [6, 6.07) is 14.8. The van der Waals surface area contributed by atoms with Gasteiger partial charge in [-0.2, -0.15) is 0 Å². The van der Waals surface area contributed by atoms with Crippen molar-refractivity contribution in [3.8, 4) is 11.5 Å². The average Bonchev–Trinajstić information content (AvgIpc) is 3.68. The number of carbonyl (C=O) groups excluding carboxylic acids is 2. The fraction of sp³-hybridized carbons (Fsp3) is 0.345. The molecule has 39 heavy (non-hydrogen) atoms. The molecular formula is C29H32N6O3S. The first-order valence-electron chi connectivity index (χ1n) is 12.9. The van der Waals surface area contributed by atoms with Crippen LogP contribution in [-0.2, 0) is 12.0 Å². The first-order valence-corrected chi connectivity index (χ1v) is 13.8. The predicted octanol–water partition coefficient (Wildman–Crippen LogP) is 4.60. The molecule has 0 unspecified atom stereocenters. The summed E-state index contributed by atoms with van der Waals surface area (Å²) in [5.41, 5.74) is 8.91. The van der Waals surface area contributed by atoms with Gasteiger partial charge in [0, 0.05) is 48.4 Å². The second-order valence-electron chi connectivity index (χ2n) is 10.5. The Balaban J connectivity index is 1.49. The maximum atomic E-state index is 13.8. The van der Waals surface area contributed by atoms with Crippen molar-refractivity contribution in [1.82, 2.24) is 25.0 Å². The molecule has 1 fully saturated rings. The van der Waals surface area contributed by atoms with Gasteiger partial charge in [-0.1, -0.05) is 30.3 Å². The third-order valence-electron chi connectivity index (χ3n) is 6.84. The summed E-state index contributed by atoms with van der Waals surface area (Å²) in [6.45, 7) is 4.42. The lowest BCUT2D eigenvalue weighted by Crippen LogP contribution is -2.35. The summed E-state index contributed by atoms with van der Waals surface area (Å²) in [7, 11) is 3.35. The number of likely N-dealkylation sites (tertiary alicyclic amines) is 1. The zero-order valence-corrected chi connectivity index (χ0v) is 23.4. The standard InChI is InChI=1S/C29H32N6O3S/c1-18-17-39-25(31-18)23-11-8-12-35(23)27(37)22-14-20(13-21(15-22)26(36)34(3)4)24-32-33-28(38-24)29(2,30)16-19-9-6-5-7-10-19/h5-7,9-10,13-15,17,23H,8,11-12,16,30H2,1-4H3/t23-,29+/m1/s1. The molecule has 2 amide bonds. The zero-order chi connectivity index (χ0) is 27.7. The molecule has 2 atom stereocenters. The van der Waals surface area contributed by atoms with Crippen molar-refractivity contribution in [3.63, 3.8) is 0 Å². The SMILES string of the molecule is Cc1csc([C@H]2CCCN2C(=O)c2cc(C(=O)N(C)C)cc(-c3nnc([C@@](C)(N)Cc4ccccc4)o3)c2)n1. The quantitative estimate of drug-likeness (QED) is 0.361. The molecule has 5 rings (SSSR count). The molecule has 2 aromatic carbocycles. The lowest BCUT2D eigenvalue weighted by molar-refractivity contribution is 0.0735. The Hall–Kier alpha value is -3.89. The fourth-order valence-electron chi connectivity index (χ4n) is 4.88. The van der Waals surface area contributed by atoms with E-state index in [-0.39, 0.29) is 29.6 Å². The Morgan fingerprint density at radius 2 is 1.90 bits per heavy atom. The van der Waals surface area contributed by atoms with E-state index in [1.807, 2.05) is 54.5 Å². The van der Waals surface area contributed by atoms with Crippen molar-refractivity contribution in [3.05, 3.63) is 87.2 Å². The van der Waals surface area contributed by atoms with E-state index < -0.39 is 5.54 Å². The molecule has 0 aliphatic carbocycles. The molecule has 3 heterocycles. The molecule has 0 bridgehead atoms. The first-order chi connectivity index (χ1) is 18.6. The number of amides is 2. The van der Waals surface area contributed by atoms with Crippen LogP contribution in [0.5, 0.6) is 0 Å². The number of thiazole rings is 1. The van der Waals surface area contributed by atoms with Crippen molar-refractivity contribution in [1.29, 1.82) is 0 Å². The van der Waals surface area contributed by atoms with Gasteiger partial charge in [-0.3, -0.25) is 9.59 Å². The summed E-state index contributed by atoms with van der Waals surface area (Å²) < 4.78 is 6.05. The Morgan fingerprint density at radius 3 is 2.59 bits per heavy atom. The summed E-state index contributed by atoms with van der Waals surface area (Å²) >= 11 is 1.57. The van der Waals surface area contributed by atoms with Crippen LogP contribution in [0, 0.1) is 6.92 Å². The molecule has 10 heteroatoms. The summed E-state index contributed by atoms with van der Waals surface area (Å²) in [5, 5.41) is 11.4. The minimum Gasteiger partial charge on any atom is -0.419 e. The molecule has 2 aromatic heterocycles. The number of aryl methyl sites for hydroxylation is 1. The first kappa shape index (κ1) is 26.7. The maximum absolute atomic E-state index is 13.8. The third kappa shape index (κ3) is 5.62. The van der Waals surface area contributed by atoms with Gasteiger partial charge in [0.05, 0.1) is 11.6 Å². The highest BCUT2D eigenvalue weighted by molar-refractivity contribution is 7.09. The molecule has 1 aliphatic heterocycles. The number of hydrogen-bond acceptors (Lipinski definition) is 8. The van der Waals surface area contributed by atoms with E-state index in [0.29, 0.717) is 29.7 Å². The van der Waals surface area contributed by atoms with Gasteiger partial charge < -0.3 is 20.0 Å². The minimum absolute atomic E-state index is 0.0844.